The third-order valence-electron chi connectivity index (χ3n) is 1.57. The molecule has 4 heteroatoms. The summed E-state index contributed by atoms with van der Waals surface area (Å²) in [6.45, 7) is 3.65. The van der Waals surface area contributed by atoms with E-state index in [9.17, 15) is 9.59 Å². The Morgan fingerprint density at radius 3 is 2.54 bits per heavy atom. The summed E-state index contributed by atoms with van der Waals surface area (Å²) in [6.07, 6.45) is 0. The molecule has 0 fully saturated rings. The summed E-state index contributed by atoms with van der Waals surface area (Å²) in [4.78, 5) is 21.5. The van der Waals surface area contributed by atoms with Crippen molar-refractivity contribution in [1.82, 2.24) is 0 Å². The second kappa shape index (κ2) is 3.43. The number of carboxylic acid groups (broad SMARTS) is 1. The quantitative estimate of drug-likeness (QED) is 0.751. The Bertz CT molecular complexity index is 375. The minimum absolute atomic E-state index is 0.00648. The molecule has 0 aliphatic rings. The van der Waals surface area contributed by atoms with Crippen LogP contribution in [0.1, 0.15) is 36.1 Å². The highest BCUT2D eigenvalue weighted by Gasteiger charge is 2.10. The summed E-state index contributed by atoms with van der Waals surface area (Å²) in [7, 11) is 0. The van der Waals surface area contributed by atoms with Gasteiger partial charge in [0.05, 0.1) is 0 Å². The van der Waals surface area contributed by atoms with Crippen molar-refractivity contribution in [2.24, 2.45) is 0 Å². The maximum Gasteiger partial charge on any atom is 0.371 e. The molecule has 0 saturated carbocycles. The van der Waals surface area contributed by atoms with Crippen molar-refractivity contribution in [3.05, 3.63) is 33.9 Å². The first kappa shape index (κ1) is 9.51. The van der Waals surface area contributed by atoms with E-state index in [0.717, 1.165) is 6.07 Å². The topological polar surface area (TPSA) is 67.5 Å². The molecule has 0 atom stereocenters. The lowest BCUT2D eigenvalue weighted by Gasteiger charge is -2.03. The lowest BCUT2D eigenvalue weighted by molar-refractivity contribution is 0.0656. The number of carboxylic acids is 1. The van der Waals surface area contributed by atoms with E-state index in [1.807, 2.05) is 13.8 Å². The Labute approximate surface area is 74.8 Å². The molecule has 0 bridgehead atoms. The molecular weight excluding hydrogens is 172 g/mol. The van der Waals surface area contributed by atoms with Crippen LogP contribution in [0.5, 0.6) is 0 Å². The summed E-state index contributed by atoms with van der Waals surface area (Å²) in [5.74, 6) is -1.13. The minimum Gasteiger partial charge on any atom is -0.475 e. The number of hydrogen-bond donors (Lipinski definition) is 1. The van der Waals surface area contributed by atoms with E-state index < -0.39 is 5.97 Å². The van der Waals surface area contributed by atoms with Gasteiger partial charge in [0.1, 0.15) is 5.76 Å². The van der Waals surface area contributed by atoms with Crippen LogP contribution in [0.2, 0.25) is 0 Å². The molecule has 0 amide bonds. The molecule has 13 heavy (non-hydrogen) atoms. The van der Waals surface area contributed by atoms with Crippen molar-refractivity contribution in [1.29, 1.82) is 0 Å². The SMILES string of the molecule is CC(C)c1cc(=O)cc(C(=O)O)o1. The third-order valence-corrected chi connectivity index (χ3v) is 1.57. The van der Waals surface area contributed by atoms with Crippen LogP contribution in [0.15, 0.2) is 21.3 Å². The van der Waals surface area contributed by atoms with Gasteiger partial charge in [-0.15, -0.1) is 0 Å². The first-order valence-corrected chi connectivity index (χ1v) is 3.89. The van der Waals surface area contributed by atoms with E-state index in [1.165, 1.54) is 6.07 Å². The fourth-order valence-electron chi connectivity index (χ4n) is 0.887. The second-order valence-corrected chi connectivity index (χ2v) is 3.02. The van der Waals surface area contributed by atoms with Crippen LogP contribution in [0, 0.1) is 0 Å². The highest BCUT2D eigenvalue weighted by Crippen LogP contribution is 2.13. The van der Waals surface area contributed by atoms with Crippen LogP contribution in [0.25, 0.3) is 0 Å². The molecule has 0 aliphatic heterocycles. The van der Waals surface area contributed by atoms with E-state index >= 15 is 0 Å². The van der Waals surface area contributed by atoms with Crippen molar-refractivity contribution in [2.75, 3.05) is 0 Å². The minimum atomic E-state index is -1.22. The molecule has 0 aromatic carbocycles. The highest BCUT2D eigenvalue weighted by molar-refractivity contribution is 5.84. The lowest BCUT2D eigenvalue weighted by Crippen LogP contribution is -2.07. The fraction of sp³-hybridized carbons (Fsp3) is 0.333. The number of carbonyl (C=O) groups is 1. The molecule has 4 nitrogen and oxygen atoms in total. The summed E-state index contributed by atoms with van der Waals surface area (Å²) in [5.41, 5.74) is -0.340. The first-order valence-electron chi connectivity index (χ1n) is 3.89. The van der Waals surface area contributed by atoms with Gasteiger partial charge in [-0.05, 0) is 0 Å². The molecule has 0 unspecified atom stereocenters. The zero-order valence-electron chi connectivity index (χ0n) is 7.40. The molecular formula is C9H10O4. The predicted molar refractivity (Wildman–Crippen MR) is 46.0 cm³/mol. The fourth-order valence-corrected chi connectivity index (χ4v) is 0.887. The standard InChI is InChI=1S/C9H10O4/c1-5(2)7-3-6(10)4-8(13-7)9(11)12/h3-5H,1-2H3,(H,11,12). The van der Waals surface area contributed by atoms with Crippen molar-refractivity contribution in [3.8, 4) is 0 Å². The van der Waals surface area contributed by atoms with Crippen LogP contribution < -0.4 is 5.43 Å². The molecule has 0 radical (unpaired) electrons. The average Bonchev–Trinajstić information content (AvgIpc) is 2.03. The maximum atomic E-state index is 11.0. The van der Waals surface area contributed by atoms with Gasteiger partial charge in [0.15, 0.2) is 5.43 Å². The van der Waals surface area contributed by atoms with Crippen LogP contribution >= 0.6 is 0 Å². The molecule has 0 aliphatic carbocycles. The maximum absolute atomic E-state index is 11.0. The molecule has 1 heterocycles. The van der Waals surface area contributed by atoms with Gasteiger partial charge >= 0.3 is 5.97 Å². The van der Waals surface area contributed by atoms with Crippen molar-refractivity contribution in [2.45, 2.75) is 19.8 Å². The van der Waals surface area contributed by atoms with Crippen LogP contribution in [0.4, 0.5) is 0 Å². The van der Waals surface area contributed by atoms with E-state index in [-0.39, 0.29) is 17.1 Å². The molecule has 1 N–H and O–H groups in total. The predicted octanol–water partition coefficient (Wildman–Crippen LogP) is 1.46. The summed E-state index contributed by atoms with van der Waals surface area (Å²) in [6, 6.07) is 2.27. The Kier molecular flexibility index (Phi) is 2.51. The summed E-state index contributed by atoms with van der Waals surface area (Å²) >= 11 is 0. The first-order chi connectivity index (χ1) is 6.00. The second-order valence-electron chi connectivity index (χ2n) is 3.02. The average molecular weight is 182 g/mol. The molecule has 1 aromatic rings. The third kappa shape index (κ3) is 2.18. The van der Waals surface area contributed by atoms with Crippen molar-refractivity contribution >= 4 is 5.97 Å². The number of rotatable bonds is 2. The van der Waals surface area contributed by atoms with Gasteiger partial charge in [-0.3, -0.25) is 4.79 Å². The Balaban J connectivity index is 3.27. The van der Waals surface area contributed by atoms with Gasteiger partial charge < -0.3 is 9.52 Å². The molecule has 70 valence electrons. The molecule has 1 aromatic heterocycles. The smallest absolute Gasteiger partial charge is 0.371 e. The normalized spacial score (nSPS) is 10.4. The zero-order chi connectivity index (χ0) is 10.0. The van der Waals surface area contributed by atoms with Gasteiger partial charge in [-0.2, -0.15) is 0 Å². The number of aromatic carboxylic acids is 1. The van der Waals surface area contributed by atoms with E-state index in [2.05, 4.69) is 0 Å². The Hall–Kier alpha value is -1.58. The van der Waals surface area contributed by atoms with E-state index in [4.69, 9.17) is 9.52 Å². The van der Waals surface area contributed by atoms with Gasteiger partial charge in [0.25, 0.3) is 0 Å². The van der Waals surface area contributed by atoms with Crippen LogP contribution in [-0.2, 0) is 0 Å². The van der Waals surface area contributed by atoms with Crippen molar-refractivity contribution in [3.63, 3.8) is 0 Å². The Morgan fingerprint density at radius 2 is 2.08 bits per heavy atom. The molecule has 0 spiro atoms. The number of hydrogen-bond acceptors (Lipinski definition) is 3. The van der Waals surface area contributed by atoms with Gasteiger partial charge in [0.2, 0.25) is 5.76 Å². The van der Waals surface area contributed by atoms with Crippen molar-refractivity contribution < 1.29 is 14.3 Å². The van der Waals surface area contributed by atoms with Gasteiger partial charge in [-0.25, -0.2) is 4.79 Å². The highest BCUT2D eigenvalue weighted by atomic mass is 16.4. The largest absolute Gasteiger partial charge is 0.475 e. The van der Waals surface area contributed by atoms with E-state index in [1.54, 1.807) is 0 Å². The van der Waals surface area contributed by atoms with Crippen LogP contribution in [-0.4, -0.2) is 11.1 Å². The molecule has 1 rings (SSSR count). The summed E-state index contributed by atoms with van der Waals surface area (Å²) < 4.78 is 4.98. The Morgan fingerprint density at radius 1 is 1.46 bits per heavy atom. The monoisotopic (exact) mass is 182 g/mol. The molecule has 0 saturated heterocycles. The lowest BCUT2D eigenvalue weighted by atomic mass is 10.1. The zero-order valence-corrected chi connectivity index (χ0v) is 7.40. The van der Waals surface area contributed by atoms with Crippen LogP contribution in [0.3, 0.4) is 0 Å². The van der Waals surface area contributed by atoms with Gasteiger partial charge in [-0.1, -0.05) is 13.8 Å². The summed E-state index contributed by atoms with van der Waals surface area (Å²) in [5, 5.41) is 8.58. The van der Waals surface area contributed by atoms with Gasteiger partial charge in [0, 0.05) is 18.1 Å². The van der Waals surface area contributed by atoms with E-state index in [0.29, 0.717) is 5.76 Å².